The predicted molar refractivity (Wildman–Crippen MR) is 110 cm³/mol. The van der Waals surface area contributed by atoms with Crippen molar-refractivity contribution in [1.82, 2.24) is 5.32 Å². The second kappa shape index (κ2) is 8.91. The van der Waals surface area contributed by atoms with Crippen molar-refractivity contribution in [2.75, 3.05) is 38.1 Å². The minimum absolute atomic E-state index is 0.0946. The van der Waals surface area contributed by atoms with Gasteiger partial charge in [-0.25, -0.2) is 4.79 Å². The maximum Gasteiger partial charge on any atom is 0.319 e. The highest BCUT2D eigenvalue weighted by atomic mass is 35.5. The van der Waals surface area contributed by atoms with Gasteiger partial charge >= 0.3 is 6.03 Å². The number of nitrogens with one attached hydrogen (secondary N) is 2. The van der Waals surface area contributed by atoms with Gasteiger partial charge in [-0.2, -0.15) is 0 Å². The van der Waals surface area contributed by atoms with Crippen LogP contribution in [0.25, 0.3) is 0 Å². The number of nitrogens with zero attached hydrogens (tertiary/aromatic N) is 1. The van der Waals surface area contributed by atoms with Crippen molar-refractivity contribution in [3.63, 3.8) is 0 Å². The van der Waals surface area contributed by atoms with Crippen molar-refractivity contribution in [3.8, 4) is 17.2 Å². The van der Waals surface area contributed by atoms with E-state index in [0.29, 0.717) is 40.2 Å². The Morgan fingerprint density at radius 2 is 1.72 bits per heavy atom. The molecule has 1 aliphatic rings. The molecule has 2 aromatic rings. The van der Waals surface area contributed by atoms with Crippen LogP contribution in [0.5, 0.6) is 17.2 Å². The summed E-state index contributed by atoms with van der Waals surface area (Å²) in [5, 5.41) is 5.99. The number of hydrogen-bond acceptors (Lipinski definition) is 5. The molecular weight excluding hydrogens is 398 g/mol. The van der Waals surface area contributed by atoms with E-state index in [1.54, 1.807) is 48.4 Å². The lowest BCUT2D eigenvalue weighted by Gasteiger charge is -2.19. The molecule has 2 N–H and O–H groups in total. The predicted octanol–water partition coefficient (Wildman–Crippen LogP) is 3.29. The number of rotatable bonds is 6. The van der Waals surface area contributed by atoms with Crippen molar-refractivity contribution in [3.05, 3.63) is 41.4 Å². The van der Waals surface area contributed by atoms with Crippen molar-refractivity contribution >= 4 is 34.9 Å². The minimum Gasteiger partial charge on any atom is -0.495 e. The summed E-state index contributed by atoms with van der Waals surface area (Å²) in [7, 11) is 4.58. The molecule has 29 heavy (non-hydrogen) atoms. The number of methoxy groups -OCH3 is 3. The summed E-state index contributed by atoms with van der Waals surface area (Å²) in [4.78, 5) is 26.5. The van der Waals surface area contributed by atoms with E-state index >= 15 is 0 Å². The van der Waals surface area contributed by atoms with Gasteiger partial charge < -0.3 is 29.7 Å². The minimum atomic E-state index is -0.447. The number of carbonyl (C=O) groups excluding carboxylic acids is 2. The molecule has 154 valence electrons. The van der Waals surface area contributed by atoms with Gasteiger partial charge in [-0.05, 0) is 30.3 Å². The Morgan fingerprint density at radius 1 is 1.03 bits per heavy atom. The normalized spacial score (nSPS) is 15.8. The van der Waals surface area contributed by atoms with E-state index in [-0.39, 0.29) is 18.4 Å². The number of urea groups is 1. The summed E-state index contributed by atoms with van der Waals surface area (Å²) >= 11 is 5.98. The maximum absolute atomic E-state index is 12.5. The third kappa shape index (κ3) is 4.65. The van der Waals surface area contributed by atoms with E-state index in [2.05, 4.69) is 10.6 Å². The zero-order valence-electron chi connectivity index (χ0n) is 16.3. The molecule has 1 fully saturated rings. The standard InChI is InChI=1S/C20H22ClN3O5/c1-27-16-6-4-12(21)8-15(16)23-20(26)22-13-9-19(25)24(11-13)14-5-7-17(28-2)18(10-14)29-3/h4-8,10,13H,9,11H2,1-3H3,(H2,22,23,26). The molecule has 8 nitrogen and oxygen atoms in total. The average Bonchev–Trinajstić information content (AvgIpc) is 3.07. The SMILES string of the molecule is COc1ccc(Cl)cc1NC(=O)NC1CC(=O)N(c2ccc(OC)c(OC)c2)C1. The van der Waals surface area contributed by atoms with Gasteiger partial charge in [0.25, 0.3) is 0 Å². The number of carbonyl (C=O) groups is 2. The third-order valence-corrected chi connectivity index (χ3v) is 4.78. The summed E-state index contributed by atoms with van der Waals surface area (Å²) in [5.41, 5.74) is 1.12. The molecule has 2 aromatic carbocycles. The molecule has 0 aliphatic carbocycles. The van der Waals surface area contributed by atoms with Crippen molar-refractivity contribution < 1.29 is 23.8 Å². The Bertz CT molecular complexity index is 921. The van der Waals surface area contributed by atoms with Crippen LogP contribution in [0.3, 0.4) is 0 Å². The third-order valence-electron chi connectivity index (χ3n) is 4.55. The molecule has 1 atom stereocenters. The zero-order chi connectivity index (χ0) is 21.0. The van der Waals surface area contributed by atoms with Gasteiger partial charge in [0.1, 0.15) is 5.75 Å². The molecule has 1 aliphatic heterocycles. The molecule has 0 aromatic heterocycles. The Balaban J connectivity index is 1.66. The summed E-state index contributed by atoms with van der Waals surface area (Å²) < 4.78 is 15.7. The number of halogens is 1. The highest BCUT2D eigenvalue weighted by molar-refractivity contribution is 6.31. The van der Waals surface area contributed by atoms with Gasteiger partial charge in [-0.15, -0.1) is 0 Å². The van der Waals surface area contributed by atoms with E-state index in [4.69, 9.17) is 25.8 Å². The van der Waals surface area contributed by atoms with Crippen LogP contribution in [0, 0.1) is 0 Å². The van der Waals surface area contributed by atoms with Gasteiger partial charge in [0.2, 0.25) is 5.91 Å². The highest BCUT2D eigenvalue weighted by Gasteiger charge is 2.32. The number of amides is 3. The first-order valence-corrected chi connectivity index (χ1v) is 9.26. The van der Waals surface area contributed by atoms with Crippen LogP contribution in [0.4, 0.5) is 16.2 Å². The molecule has 1 unspecified atom stereocenters. The Labute approximate surface area is 173 Å². The van der Waals surface area contributed by atoms with E-state index in [1.165, 1.54) is 14.2 Å². The van der Waals surface area contributed by atoms with Crippen molar-refractivity contribution in [2.45, 2.75) is 12.5 Å². The second-order valence-corrected chi connectivity index (χ2v) is 6.82. The largest absolute Gasteiger partial charge is 0.495 e. The first kappa shape index (κ1) is 20.6. The van der Waals surface area contributed by atoms with E-state index < -0.39 is 6.03 Å². The van der Waals surface area contributed by atoms with Crippen LogP contribution in [0.15, 0.2) is 36.4 Å². The number of hydrogen-bond donors (Lipinski definition) is 2. The fourth-order valence-corrected chi connectivity index (χ4v) is 3.34. The quantitative estimate of drug-likeness (QED) is 0.750. The average molecular weight is 420 g/mol. The summed E-state index contributed by atoms with van der Waals surface area (Å²) in [6.45, 7) is 0.342. The number of anilines is 2. The molecule has 0 spiro atoms. The fraction of sp³-hybridized carbons (Fsp3) is 0.300. The highest BCUT2D eigenvalue weighted by Crippen LogP contribution is 2.33. The van der Waals surface area contributed by atoms with Crippen molar-refractivity contribution in [2.24, 2.45) is 0 Å². The van der Waals surface area contributed by atoms with Crippen LogP contribution in [-0.4, -0.2) is 45.9 Å². The Morgan fingerprint density at radius 3 is 2.41 bits per heavy atom. The lowest BCUT2D eigenvalue weighted by Crippen LogP contribution is -2.39. The molecule has 1 saturated heterocycles. The maximum atomic E-state index is 12.5. The van der Waals surface area contributed by atoms with Crippen LogP contribution < -0.4 is 29.7 Å². The van der Waals surface area contributed by atoms with Crippen LogP contribution in [-0.2, 0) is 4.79 Å². The van der Waals surface area contributed by atoms with E-state index in [9.17, 15) is 9.59 Å². The van der Waals surface area contributed by atoms with Gasteiger partial charge in [0.15, 0.2) is 11.5 Å². The second-order valence-electron chi connectivity index (χ2n) is 6.39. The van der Waals surface area contributed by atoms with E-state index in [0.717, 1.165) is 0 Å². The van der Waals surface area contributed by atoms with Crippen LogP contribution >= 0.6 is 11.6 Å². The number of ether oxygens (including phenoxy) is 3. The summed E-state index contributed by atoms with van der Waals surface area (Å²) in [6, 6.07) is 9.37. The monoisotopic (exact) mass is 419 g/mol. The van der Waals surface area contributed by atoms with Crippen molar-refractivity contribution in [1.29, 1.82) is 0 Å². The van der Waals surface area contributed by atoms with Gasteiger partial charge in [-0.3, -0.25) is 4.79 Å². The topological polar surface area (TPSA) is 89.1 Å². The molecule has 3 amide bonds. The molecular formula is C20H22ClN3O5. The van der Waals surface area contributed by atoms with Gasteiger partial charge in [0.05, 0.1) is 33.1 Å². The van der Waals surface area contributed by atoms with Crippen LogP contribution in [0.2, 0.25) is 5.02 Å². The molecule has 1 heterocycles. The molecule has 3 rings (SSSR count). The lowest BCUT2D eigenvalue weighted by atomic mass is 10.2. The Hall–Kier alpha value is -3.13. The summed E-state index contributed by atoms with van der Waals surface area (Å²) in [5.74, 6) is 1.49. The molecule has 0 bridgehead atoms. The summed E-state index contributed by atoms with van der Waals surface area (Å²) in [6.07, 6.45) is 0.189. The van der Waals surface area contributed by atoms with Gasteiger partial charge in [0, 0.05) is 29.7 Å². The molecule has 0 saturated carbocycles. The van der Waals surface area contributed by atoms with Gasteiger partial charge in [-0.1, -0.05) is 11.6 Å². The zero-order valence-corrected chi connectivity index (χ0v) is 17.1. The van der Waals surface area contributed by atoms with E-state index in [1.807, 2.05) is 0 Å². The Kier molecular flexibility index (Phi) is 6.33. The van der Waals surface area contributed by atoms with Crippen LogP contribution in [0.1, 0.15) is 6.42 Å². The smallest absolute Gasteiger partial charge is 0.319 e. The fourth-order valence-electron chi connectivity index (χ4n) is 3.17. The lowest BCUT2D eigenvalue weighted by molar-refractivity contribution is -0.117. The first-order valence-electron chi connectivity index (χ1n) is 8.88. The molecule has 0 radical (unpaired) electrons. The number of benzene rings is 2. The molecule has 9 heteroatoms. The first-order chi connectivity index (χ1) is 13.9.